The Bertz CT molecular complexity index is 1190. The van der Waals surface area contributed by atoms with Crippen molar-refractivity contribution in [3.8, 4) is 0 Å². The second kappa shape index (κ2) is 7.41. The standard InChI is InChI=1S/C19H11ClN4O3S/c20-14-5-4-13(24(26)27)10-16(14)22-19-23-18(25)17(28-19)9-11-3-6-15-12(8-11)2-1-7-21-15/h1-10H,(H,22,23,25)/b17-9-. The molecule has 0 fully saturated rings. The van der Waals surface area contributed by atoms with Gasteiger partial charge in [0.15, 0.2) is 5.17 Å². The number of amides is 1. The molecule has 0 radical (unpaired) electrons. The van der Waals surface area contributed by atoms with Gasteiger partial charge in [0.05, 0.1) is 26.1 Å². The number of aromatic nitrogens is 1. The Morgan fingerprint density at radius 1 is 1.18 bits per heavy atom. The van der Waals surface area contributed by atoms with Crippen molar-refractivity contribution < 1.29 is 9.72 Å². The molecule has 9 heteroatoms. The molecule has 28 heavy (non-hydrogen) atoms. The molecule has 2 heterocycles. The smallest absolute Gasteiger partial charge is 0.286 e. The van der Waals surface area contributed by atoms with E-state index in [0.29, 0.717) is 20.8 Å². The zero-order valence-electron chi connectivity index (χ0n) is 14.1. The number of thioether (sulfide) groups is 1. The molecule has 0 aliphatic carbocycles. The van der Waals surface area contributed by atoms with Crippen LogP contribution in [0.4, 0.5) is 11.4 Å². The number of hydrogen-bond donors (Lipinski definition) is 1. The van der Waals surface area contributed by atoms with E-state index >= 15 is 0 Å². The summed E-state index contributed by atoms with van der Waals surface area (Å²) in [6.45, 7) is 0. The van der Waals surface area contributed by atoms with Crippen LogP contribution in [-0.4, -0.2) is 21.0 Å². The maximum atomic E-state index is 12.2. The summed E-state index contributed by atoms with van der Waals surface area (Å²) in [5.74, 6) is -0.389. The number of pyridine rings is 1. The molecule has 0 atom stereocenters. The minimum absolute atomic E-state index is 0.109. The quantitative estimate of drug-likeness (QED) is 0.375. The first-order valence-corrected chi connectivity index (χ1v) is 9.27. The van der Waals surface area contributed by atoms with Gasteiger partial charge in [0.2, 0.25) is 0 Å². The molecule has 0 saturated carbocycles. The molecule has 0 unspecified atom stereocenters. The molecular formula is C19H11ClN4O3S. The fourth-order valence-electron chi connectivity index (χ4n) is 2.64. The van der Waals surface area contributed by atoms with E-state index in [1.54, 1.807) is 12.3 Å². The second-order valence-electron chi connectivity index (χ2n) is 5.83. The highest BCUT2D eigenvalue weighted by atomic mass is 35.5. The summed E-state index contributed by atoms with van der Waals surface area (Å²) in [7, 11) is 0. The third-order valence-corrected chi connectivity index (χ3v) is 5.18. The summed E-state index contributed by atoms with van der Waals surface area (Å²) in [6, 6.07) is 13.5. The Morgan fingerprint density at radius 2 is 2.04 bits per heavy atom. The number of amidine groups is 1. The minimum Gasteiger partial charge on any atom is -0.333 e. The Morgan fingerprint density at radius 3 is 2.86 bits per heavy atom. The number of benzene rings is 2. The van der Waals surface area contributed by atoms with Gasteiger partial charge >= 0.3 is 0 Å². The fourth-order valence-corrected chi connectivity index (χ4v) is 3.63. The highest BCUT2D eigenvalue weighted by Gasteiger charge is 2.23. The van der Waals surface area contributed by atoms with Gasteiger partial charge in [0.25, 0.3) is 11.6 Å². The number of rotatable bonds is 3. The van der Waals surface area contributed by atoms with Gasteiger partial charge in [-0.3, -0.25) is 19.9 Å². The first kappa shape index (κ1) is 18.1. The molecule has 0 bridgehead atoms. The largest absolute Gasteiger partial charge is 0.333 e. The van der Waals surface area contributed by atoms with Crippen LogP contribution in [-0.2, 0) is 4.79 Å². The lowest BCUT2D eigenvalue weighted by atomic mass is 10.1. The third kappa shape index (κ3) is 3.73. The van der Waals surface area contributed by atoms with Crippen LogP contribution in [0.5, 0.6) is 0 Å². The lowest BCUT2D eigenvalue weighted by Gasteiger charge is -2.06. The van der Waals surface area contributed by atoms with Crippen LogP contribution in [0.1, 0.15) is 5.56 Å². The van der Waals surface area contributed by atoms with Crippen LogP contribution in [0.15, 0.2) is 64.6 Å². The van der Waals surface area contributed by atoms with Crippen LogP contribution < -0.4 is 5.32 Å². The van der Waals surface area contributed by atoms with Gasteiger partial charge in [0.1, 0.15) is 0 Å². The summed E-state index contributed by atoms with van der Waals surface area (Å²) < 4.78 is 0. The summed E-state index contributed by atoms with van der Waals surface area (Å²) in [5.41, 5.74) is 1.92. The number of hydrogen-bond acceptors (Lipinski definition) is 6. The molecule has 0 spiro atoms. The maximum Gasteiger partial charge on any atom is 0.286 e. The average molecular weight is 411 g/mol. The molecule has 1 aromatic heterocycles. The molecule has 1 aliphatic heterocycles. The van der Waals surface area contributed by atoms with E-state index in [2.05, 4.69) is 15.3 Å². The van der Waals surface area contributed by atoms with Gasteiger partial charge in [-0.25, -0.2) is 0 Å². The fraction of sp³-hybridized carbons (Fsp3) is 0. The highest BCUT2D eigenvalue weighted by Crippen LogP contribution is 2.33. The number of nitro groups is 1. The normalized spacial score (nSPS) is 15.1. The number of non-ortho nitro benzene ring substituents is 1. The van der Waals surface area contributed by atoms with Crippen molar-refractivity contribution >= 4 is 62.8 Å². The van der Waals surface area contributed by atoms with Crippen molar-refractivity contribution in [2.24, 2.45) is 4.99 Å². The number of nitrogens with zero attached hydrogens (tertiary/aromatic N) is 3. The Kier molecular flexibility index (Phi) is 4.81. The maximum absolute atomic E-state index is 12.2. The summed E-state index contributed by atoms with van der Waals surface area (Å²) in [6.07, 6.45) is 3.47. The minimum atomic E-state index is -0.518. The van der Waals surface area contributed by atoms with Gasteiger partial charge in [-0.15, -0.1) is 0 Å². The average Bonchev–Trinajstić information content (AvgIpc) is 3.02. The van der Waals surface area contributed by atoms with E-state index < -0.39 is 4.92 Å². The molecule has 138 valence electrons. The van der Waals surface area contributed by atoms with Crippen LogP contribution in [0.2, 0.25) is 5.02 Å². The van der Waals surface area contributed by atoms with Gasteiger partial charge < -0.3 is 5.32 Å². The molecule has 4 rings (SSSR count). The SMILES string of the molecule is O=C1N=C(Nc2cc([N+](=O)[O-])ccc2Cl)S/C1=C\c1ccc2ncccc2c1. The Labute approximate surface area is 168 Å². The Hall–Kier alpha value is -3.23. The van der Waals surface area contributed by atoms with Crippen molar-refractivity contribution in [2.45, 2.75) is 0 Å². The van der Waals surface area contributed by atoms with Gasteiger partial charge in [-0.1, -0.05) is 23.7 Å². The zero-order valence-corrected chi connectivity index (χ0v) is 15.7. The lowest BCUT2D eigenvalue weighted by molar-refractivity contribution is -0.384. The number of fused-ring (bicyclic) bond motifs is 1. The van der Waals surface area contributed by atoms with Gasteiger partial charge in [0, 0.05) is 23.7 Å². The monoisotopic (exact) mass is 410 g/mol. The first-order valence-electron chi connectivity index (χ1n) is 8.08. The molecule has 1 amide bonds. The first-order chi connectivity index (χ1) is 13.5. The lowest BCUT2D eigenvalue weighted by Crippen LogP contribution is -2.05. The van der Waals surface area contributed by atoms with E-state index in [0.717, 1.165) is 28.2 Å². The molecule has 1 N–H and O–H groups in total. The highest BCUT2D eigenvalue weighted by molar-refractivity contribution is 8.18. The number of anilines is 1. The van der Waals surface area contributed by atoms with E-state index in [4.69, 9.17) is 11.6 Å². The third-order valence-electron chi connectivity index (χ3n) is 3.95. The number of nitro benzene ring substituents is 1. The van der Waals surface area contributed by atoms with E-state index in [1.165, 1.54) is 18.2 Å². The van der Waals surface area contributed by atoms with Crippen LogP contribution in [0.25, 0.3) is 17.0 Å². The zero-order chi connectivity index (χ0) is 19.7. The van der Waals surface area contributed by atoms with Gasteiger partial charge in [-0.2, -0.15) is 4.99 Å². The molecule has 0 saturated heterocycles. The molecule has 3 aromatic rings. The summed E-state index contributed by atoms with van der Waals surface area (Å²) in [5, 5.41) is 15.4. The predicted molar refractivity (Wildman–Crippen MR) is 111 cm³/mol. The van der Waals surface area contributed by atoms with Crippen LogP contribution in [0.3, 0.4) is 0 Å². The number of carbonyl (C=O) groups excluding carboxylic acids is 1. The van der Waals surface area contributed by atoms with Gasteiger partial charge in [-0.05, 0) is 47.7 Å². The Balaban J connectivity index is 1.56. The van der Waals surface area contributed by atoms with E-state index in [-0.39, 0.29) is 11.6 Å². The number of carbonyl (C=O) groups is 1. The second-order valence-corrected chi connectivity index (χ2v) is 7.27. The topological polar surface area (TPSA) is 97.5 Å². The van der Waals surface area contributed by atoms with E-state index in [1.807, 2.05) is 30.3 Å². The van der Waals surface area contributed by atoms with Crippen LogP contribution >= 0.6 is 23.4 Å². The molecule has 7 nitrogen and oxygen atoms in total. The van der Waals surface area contributed by atoms with Crippen molar-refractivity contribution in [1.29, 1.82) is 0 Å². The van der Waals surface area contributed by atoms with Crippen molar-refractivity contribution in [1.82, 2.24) is 4.98 Å². The van der Waals surface area contributed by atoms with Crippen molar-refractivity contribution in [2.75, 3.05) is 5.32 Å². The van der Waals surface area contributed by atoms with E-state index in [9.17, 15) is 14.9 Å². The summed E-state index contributed by atoms with van der Waals surface area (Å²) >= 11 is 7.23. The summed E-state index contributed by atoms with van der Waals surface area (Å²) in [4.78, 5) is 31.3. The molecular weight excluding hydrogens is 400 g/mol. The van der Waals surface area contributed by atoms with Crippen molar-refractivity contribution in [3.63, 3.8) is 0 Å². The predicted octanol–water partition coefficient (Wildman–Crippen LogP) is 4.88. The van der Waals surface area contributed by atoms with Crippen molar-refractivity contribution in [3.05, 3.63) is 80.3 Å². The molecule has 1 aliphatic rings. The molecule has 2 aromatic carbocycles. The number of aliphatic imine (C=N–C) groups is 1. The number of halogens is 1. The van der Waals surface area contributed by atoms with Crippen LogP contribution in [0, 0.1) is 10.1 Å². The number of nitrogens with one attached hydrogen (secondary N) is 1.